The SMILES string of the molecule is CC(c1cc(Cl)ccc1C(F)(F)F)N1C[C@H]2CC1CC2C1CCc2ccc([C@H](C3CC3)[C@H](C)C(=O)O)cc2O1. The third-order valence-electron chi connectivity index (χ3n) is 9.89. The van der Waals surface area contributed by atoms with Gasteiger partial charge in [-0.25, -0.2) is 0 Å². The molecule has 2 aliphatic carbocycles. The average molecular weight is 562 g/mol. The van der Waals surface area contributed by atoms with Crippen molar-refractivity contribution in [2.75, 3.05) is 6.54 Å². The quantitative estimate of drug-likeness (QED) is 0.376. The van der Waals surface area contributed by atoms with Gasteiger partial charge in [-0.15, -0.1) is 0 Å². The number of aryl methyl sites for hydroxylation is 1. The fourth-order valence-corrected chi connectivity index (χ4v) is 7.95. The van der Waals surface area contributed by atoms with Gasteiger partial charge in [0.05, 0.1) is 11.5 Å². The van der Waals surface area contributed by atoms with Crippen molar-refractivity contribution in [1.82, 2.24) is 4.90 Å². The Bertz CT molecular complexity index is 1260. The van der Waals surface area contributed by atoms with Gasteiger partial charge in [0.25, 0.3) is 0 Å². The molecule has 8 heteroatoms. The average Bonchev–Trinajstić information content (AvgIpc) is 3.51. The molecule has 4 aliphatic rings. The number of ether oxygens (including phenoxy) is 1. The Labute approximate surface area is 232 Å². The van der Waals surface area contributed by atoms with Crippen LogP contribution in [0.4, 0.5) is 13.2 Å². The van der Waals surface area contributed by atoms with Gasteiger partial charge in [-0.2, -0.15) is 13.2 Å². The van der Waals surface area contributed by atoms with E-state index in [2.05, 4.69) is 23.1 Å². The molecule has 1 N–H and O–H groups in total. The van der Waals surface area contributed by atoms with E-state index < -0.39 is 23.6 Å². The number of nitrogens with zero attached hydrogens (tertiary/aromatic N) is 1. The zero-order chi connectivity index (χ0) is 27.6. The Kier molecular flexibility index (Phi) is 6.90. The number of rotatable bonds is 7. The highest BCUT2D eigenvalue weighted by molar-refractivity contribution is 6.30. The summed E-state index contributed by atoms with van der Waals surface area (Å²) in [4.78, 5) is 14.0. The zero-order valence-electron chi connectivity index (χ0n) is 22.3. The van der Waals surface area contributed by atoms with Gasteiger partial charge in [0.1, 0.15) is 11.9 Å². The highest BCUT2D eigenvalue weighted by Crippen LogP contribution is 2.51. The van der Waals surface area contributed by atoms with E-state index in [1.54, 1.807) is 6.92 Å². The van der Waals surface area contributed by atoms with Crippen LogP contribution in [-0.4, -0.2) is 34.7 Å². The molecule has 2 aliphatic heterocycles. The fourth-order valence-electron chi connectivity index (χ4n) is 7.77. The van der Waals surface area contributed by atoms with E-state index in [-0.39, 0.29) is 29.7 Å². The zero-order valence-corrected chi connectivity index (χ0v) is 23.0. The number of piperidine rings is 1. The molecule has 2 saturated carbocycles. The highest BCUT2D eigenvalue weighted by atomic mass is 35.5. The van der Waals surface area contributed by atoms with Crippen LogP contribution in [0.2, 0.25) is 5.02 Å². The van der Waals surface area contributed by atoms with Crippen LogP contribution in [0.15, 0.2) is 36.4 Å². The lowest BCUT2D eigenvalue weighted by Gasteiger charge is -2.40. The monoisotopic (exact) mass is 561 g/mol. The van der Waals surface area contributed by atoms with Crippen molar-refractivity contribution in [3.05, 3.63) is 63.7 Å². The number of carboxylic acids is 1. The molecule has 2 aromatic carbocycles. The molecule has 2 aromatic rings. The van der Waals surface area contributed by atoms with E-state index >= 15 is 0 Å². The van der Waals surface area contributed by atoms with Gasteiger partial charge in [0, 0.05) is 29.6 Å². The number of halogens is 4. The number of fused-ring (bicyclic) bond motifs is 3. The van der Waals surface area contributed by atoms with Gasteiger partial charge >= 0.3 is 12.1 Å². The number of likely N-dealkylation sites (tertiary alicyclic amines) is 1. The van der Waals surface area contributed by atoms with Crippen LogP contribution in [0.1, 0.15) is 80.2 Å². The third kappa shape index (κ3) is 5.06. The summed E-state index contributed by atoms with van der Waals surface area (Å²) in [5.41, 5.74) is 1.87. The number of hydrogen-bond donors (Lipinski definition) is 1. The van der Waals surface area contributed by atoms with Gasteiger partial charge in [0.2, 0.25) is 0 Å². The Morgan fingerprint density at radius 2 is 1.87 bits per heavy atom. The van der Waals surface area contributed by atoms with E-state index in [1.807, 2.05) is 6.92 Å². The topological polar surface area (TPSA) is 49.8 Å². The summed E-state index contributed by atoms with van der Waals surface area (Å²) in [6.07, 6.45) is 1.55. The van der Waals surface area contributed by atoms with Crippen LogP contribution in [0, 0.1) is 23.7 Å². The molecule has 0 spiro atoms. The summed E-state index contributed by atoms with van der Waals surface area (Å²) in [5, 5.41) is 10.0. The maximum Gasteiger partial charge on any atom is 0.416 e. The lowest BCUT2D eigenvalue weighted by atomic mass is 9.81. The van der Waals surface area contributed by atoms with Crippen molar-refractivity contribution in [3.8, 4) is 5.75 Å². The van der Waals surface area contributed by atoms with Crippen molar-refractivity contribution in [3.63, 3.8) is 0 Å². The molecule has 3 fully saturated rings. The van der Waals surface area contributed by atoms with E-state index in [0.29, 0.717) is 22.8 Å². The van der Waals surface area contributed by atoms with Gasteiger partial charge in [0.15, 0.2) is 0 Å². The minimum Gasteiger partial charge on any atom is -0.490 e. The fraction of sp³-hybridized carbons (Fsp3) is 0.581. The van der Waals surface area contributed by atoms with Crippen LogP contribution in [0.5, 0.6) is 5.75 Å². The van der Waals surface area contributed by atoms with Gasteiger partial charge in [-0.1, -0.05) is 30.7 Å². The van der Waals surface area contributed by atoms with E-state index in [9.17, 15) is 23.1 Å². The smallest absolute Gasteiger partial charge is 0.416 e. The molecular formula is C31H35ClF3NO3. The van der Waals surface area contributed by atoms with Crippen molar-refractivity contribution < 1.29 is 27.8 Å². The van der Waals surface area contributed by atoms with Crippen molar-refractivity contribution in [2.24, 2.45) is 23.7 Å². The maximum atomic E-state index is 13.7. The standard InChI is InChI=1S/C31H35ClF3NO3/c1-16(30(37)38)29(19-4-5-19)20-6-3-18-7-10-27(39-28(18)12-20)25-14-23-11-21(25)15-36(23)17(2)24-13-22(32)8-9-26(24)31(33,34)35/h3,6,8-9,12-13,16-17,19,21,23,25,27,29H,4-5,7,10-11,14-15H2,1-2H3,(H,37,38)/t16-,17?,21+,23?,25?,27?,29-/m0/s1. The Balaban J connectivity index is 1.16. The number of alkyl halides is 3. The first-order valence-corrected chi connectivity index (χ1v) is 14.5. The molecule has 6 rings (SSSR count). The van der Waals surface area contributed by atoms with Crippen LogP contribution in [0.3, 0.4) is 0 Å². The normalized spacial score (nSPS) is 29.0. The van der Waals surface area contributed by atoms with Gasteiger partial charge in [-0.3, -0.25) is 9.69 Å². The summed E-state index contributed by atoms with van der Waals surface area (Å²) in [6.45, 7) is 4.42. The summed E-state index contributed by atoms with van der Waals surface area (Å²) < 4.78 is 47.9. The molecule has 4 unspecified atom stereocenters. The lowest BCUT2D eigenvalue weighted by molar-refractivity contribution is -0.142. The molecule has 2 heterocycles. The predicted molar refractivity (Wildman–Crippen MR) is 143 cm³/mol. The Morgan fingerprint density at radius 1 is 1.10 bits per heavy atom. The molecule has 0 radical (unpaired) electrons. The van der Waals surface area contributed by atoms with Crippen LogP contribution in [0.25, 0.3) is 0 Å². The number of benzene rings is 2. The number of hydrogen-bond acceptors (Lipinski definition) is 3. The van der Waals surface area contributed by atoms with Crippen LogP contribution < -0.4 is 4.74 Å². The van der Waals surface area contributed by atoms with Crippen molar-refractivity contribution in [1.29, 1.82) is 0 Å². The predicted octanol–water partition coefficient (Wildman–Crippen LogP) is 7.74. The van der Waals surface area contributed by atoms with Crippen molar-refractivity contribution >= 4 is 17.6 Å². The molecule has 0 amide bonds. The van der Waals surface area contributed by atoms with Crippen molar-refractivity contribution in [2.45, 2.75) is 82.7 Å². The van der Waals surface area contributed by atoms with E-state index in [0.717, 1.165) is 62.4 Å². The van der Waals surface area contributed by atoms with Gasteiger partial charge < -0.3 is 9.84 Å². The highest BCUT2D eigenvalue weighted by Gasteiger charge is 2.50. The van der Waals surface area contributed by atoms with Gasteiger partial charge in [-0.05, 0) is 104 Å². The minimum absolute atomic E-state index is 0.00222. The molecule has 39 heavy (non-hydrogen) atoms. The second kappa shape index (κ2) is 9.99. The maximum absolute atomic E-state index is 13.7. The molecular weight excluding hydrogens is 527 g/mol. The Hall–Kier alpha value is -2.25. The van der Waals surface area contributed by atoms with Crippen LogP contribution >= 0.6 is 11.6 Å². The Morgan fingerprint density at radius 3 is 2.51 bits per heavy atom. The largest absolute Gasteiger partial charge is 0.490 e. The molecule has 0 aromatic heterocycles. The second-order valence-corrected chi connectivity index (χ2v) is 12.6. The number of carbonyl (C=O) groups is 1. The molecule has 210 valence electrons. The number of carboxylic acid groups (broad SMARTS) is 1. The first kappa shape index (κ1) is 26.9. The molecule has 1 saturated heterocycles. The minimum atomic E-state index is -4.42. The third-order valence-corrected chi connectivity index (χ3v) is 10.1. The lowest BCUT2D eigenvalue weighted by Crippen LogP contribution is -2.43. The van der Waals surface area contributed by atoms with E-state index in [1.165, 1.54) is 17.7 Å². The summed E-state index contributed by atoms with van der Waals surface area (Å²) in [5.74, 6) is 0.858. The summed E-state index contributed by atoms with van der Waals surface area (Å²) in [7, 11) is 0. The molecule has 4 nitrogen and oxygen atoms in total. The summed E-state index contributed by atoms with van der Waals surface area (Å²) >= 11 is 6.12. The second-order valence-electron chi connectivity index (χ2n) is 12.2. The summed E-state index contributed by atoms with van der Waals surface area (Å²) in [6, 6.07) is 10.0. The molecule has 2 bridgehead atoms. The molecule has 7 atom stereocenters. The van der Waals surface area contributed by atoms with Crippen LogP contribution in [-0.2, 0) is 17.4 Å². The van der Waals surface area contributed by atoms with E-state index in [4.69, 9.17) is 16.3 Å². The first-order valence-electron chi connectivity index (χ1n) is 14.2. The number of aliphatic carboxylic acids is 1. The first-order chi connectivity index (χ1) is 18.5.